The number of hydrogen-bond acceptors (Lipinski definition) is 3. The van der Waals surface area contributed by atoms with E-state index < -0.39 is 0 Å². The van der Waals surface area contributed by atoms with E-state index >= 15 is 0 Å². The summed E-state index contributed by atoms with van der Waals surface area (Å²) < 4.78 is 1.61. The molecule has 2 N–H and O–H groups in total. The smallest absolute Gasteiger partial charge is 0.328 e. The van der Waals surface area contributed by atoms with Gasteiger partial charge in [-0.25, -0.2) is 4.79 Å². The first kappa shape index (κ1) is 16.6. The second-order valence-corrected chi connectivity index (χ2v) is 5.82. The first-order valence-corrected chi connectivity index (χ1v) is 8.32. The van der Waals surface area contributed by atoms with Gasteiger partial charge in [-0.05, 0) is 24.0 Å². The fourth-order valence-corrected chi connectivity index (χ4v) is 2.80. The molecule has 0 amide bonds. The Morgan fingerprint density at radius 2 is 1.56 bits per heavy atom. The number of H-pyrrole nitrogens is 1. The number of nitriles is 1. The van der Waals surface area contributed by atoms with Gasteiger partial charge < -0.3 is 5.32 Å². The van der Waals surface area contributed by atoms with Crippen LogP contribution in [0.25, 0.3) is 0 Å². The van der Waals surface area contributed by atoms with Crippen LogP contribution in [0, 0.1) is 11.3 Å². The van der Waals surface area contributed by atoms with Crippen LogP contribution < -0.4 is 11.0 Å². The number of aromatic amines is 1. The minimum atomic E-state index is -0.255. The molecular weight excluding hydrogens is 312 g/mol. The van der Waals surface area contributed by atoms with Crippen LogP contribution in [0.5, 0.6) is 0 Å². The minimum Gasteiger partial charge on any atom is -0.369 e. The average molecular weight is 332 g/mol. The lowest BCUT2D eigenvalue weighted by molar-refractivity contribution is 0.675. The summed E-state index contributed by atoms with van der Waals surface area (Å²) in [5, 5.41) is 12.5. The molecule has 0 bridgehead atoms. The van der Waals surface area contributed by atoms with Crippen LogP contribution in [0.3, 0.4) is 0 Å². The molecule has 0 saturated carbocycles. The van der Waals surface area contributed by atoms with Crippen molar-refractivity contribution in [3.05, 3.63) is 88.0 Å². The molecule has 2 aromatic carbocycles. The number of benzene rings is 2. The van der Waals surface area contributed by atoms with E-state index in [4.69, 9.17) is 0 Å². The molecule has 126 valence electrons. The molecule has 3 rings (SSSR count). The molecule has 25 heavy (non-hydrogen) atoms. The quantitative estimate of drug-likeness (QED) is 0.698. The molecule has 1 aromatic heterocycles. The second kappa shape index (κ2) is 8.02. The van der Waals surface area contributed by atoms with Gasteiger partial charge in [0.15, 0.2) is 5.69 Å². The lowest BCUT2D eigenvalue weighted by atomic mass is 10.1. The van der Waals surface area contributed by atoms with Gasteiger partial charge in [-0.1, -0.05) is 60.7 Å². The van der Waals surface area contributed by atoms with E-state index in [-0.39, 0.29) is 11.4 Å². The van der Waals surface area contributed by atoms with Crippen molar-refractivity contribution in [1.29, 1.82) is 5.26 Å². The first-order chi connectivity index (χ1) is 12.3. The van der Waals surface area contributed by atoms with Gasteiger partial charge in [0.25, 0.3) is 0 Å². The summed E-state index contributed by atoms with van der Waals surface area (Å²) in [4.78, 5) is 14.8. The Morgan fingerprint density at radius 3 is 2.16 bits per heavy atom. The van der Waals surface area contributed by atoms with Crippen molar-refractivity contribution in [3.8, 4) is 6.07 Å². The summed E-state index contributed by atoms with van der Waals surface area (Å²) in [5.74, 6) is 0.569. The van der Waals surface area contributed by atoms with Crippen LogP contribution in [0.15, 0.2) is 65.5 Å². The standard InChI is InChI=1S/C20H20N4O/c21-15-18-19(22-13-11-16-7-3-1-4-8-16)24(20(25)23-18)14-12-17-9-5-2-6-10-17/h1-10,22H,11-14H2,(H,23,25). The van der Waals surface area contributed by atoms with Crippen molar-refractivity contribution in [2.75, 3.05) is 11.9 Å². The zero-order valence-electron chi connectivity index (χ0n) is 13.9. The summed E-state index contributed by atoms with van der Waals surface area (Å²) in [5.41, 5.74) is 2.40. The van der Waals surface area contributed by atoms with E-state index in [9.17, 15) is 10.1 Å². The number of hydrogen-bond donors (Lipinski definition) is 2. The lowest BCUT2D eigenvalue weighted by Crippen LogP contribution is -2.21. The monoisotopic (exact) mass is 332 g/mol. The minimum absolute atomic E-state index is 0.255. The Labute approximate surface area is 146 Å². The summed E-state index contributed by atoms with van der Waals surface area (Å²) in [6.45, 7) is 1.18. The Kier molecular flexibility index (Phi) is 5.32. The van der Waals surface area contributed by atoms with Crippen LogP contribution in [0.1, 0.15) is 16.8 Å². The van der Waals surface area contributed by atoms with Crippen molar-refractivity contribution in [2.45, 2.75) is 19.4 Å². The van der Waals surface area contributed by atoms with Crippen molar-refractivity contribution in [2.24, 2.45) is 0 Å². The molecule has 3 aromatic rings. The van der Waals surface area contributed by atoms with Crippen LogP contribution >= 0.6 is 0 Å². The number of anilines is 1. The molecule has 0 aliphatic carbocycles. The maximum Gasteiger partial charge on any atom is 0.328 e. The second-order valence-electron chi connectivity index (χ2n) is 5.82. The molecule has 1 heterocycles. The van der Waals surface area contributed by atoms with Crippen molar-refractivity contribution in [1.82, 2.24) is 9.55 Å². The van der Waals surface area contributed by atoms with E-state index in [0.717, 1.165) is 18.4 Å². The van der Waals surface area contributed by atoms with E-state index in [1.807, 2.05) is 48.5 Å². The summed E-state index contributed by atoms with van der Waals surface area (Å²) >= 11 is 0. The number of aromatic nitrogens is 2. The van der Waals surface area contributed by atoms with Gasteiger partial charge in [-0.15, -0.1) is 0 Å². The van der Waals surface area contributed by atoms with Crippen molar-refractivity contribution in [3.63, 3.8) is 0 Å². The highest BCUT2D eigenvalue weighted by Crippen LogP contribution is 2.12. The molecule has 0 spiro atoms. The third-order valence-corrected chi connectivity index (χ3v) is 4.11. The SMILES string of the molecule is N#Cc1[nH]c(=O)n(CCc2ccccc2)c1NCCc1ccccc1. The molecule has 5 heteroatoms. The van der Waals surface area contributed by atoms with E-state index in [2.05, 4.69) is 28.5 Å². The zero-order chi connectivity index (χ0) is 17.5. The third kappa shape index (κ3) is 4.18. The molecule has 0 atom stereocenters. The maximum absolute atomic E-state index is 12.2. The Bertz CT molecular complexity index is 904. The van der Waals surface area contributed by atoms with Crippen LogP contribution in [-0.2, 0) is 19.4 Å². The maximum atomic E-state index is 12.2. The Balaban J connectivity index is 1.71. The molecule has 0 fully saturated rings. The van der Waals surface area contributed by atoms with Gasteiger partial charge in [-0.3, -0.25) is 9.55 Å². The fourth-order valence-electron chi connectivity index (χ4n) is 2.80. The van der Waals surface area contributed by atoms with E-state index in [1.54, 1.807) is 4.57 Å². The first-order valence-electron chi connectivity index (χ1n) is 8.32. The molecule has 0 aliphatic rings. The molecule has 5 nitrogen and oxygen atoms in total. The highest BCUT2D eigenvalue weighted by atomic mass is 16.1. The van der Waals surface area contributed by atoms with Crippen molar-refractivity contribution < 1.29 is 0 Å². The van der Waals surface area contributed by atoms with Gasteiger partial charge in [-0.2, -0.15) is 5.26 Å². The predicted molar refractivity (Wildman–Crippen MR) is 98.5 cm³/mol. The number of nitrogens with one attached hydrogen (secondary N) is 2. The van der Waals surface area contributed by atoms with Gasteiger partial charge in [0.05, 0.1) is 0 Å². The van der Waals surface area contributed by atoms with Crippen molar-refractivity contribution >= 4 is 5.82 Å². The predicted octanol–water partition coefficient (Wildman–Crippen LogP) is 2.95. The summed E-state index contributed by atoms with van der Waals surface area (Å²) in [6.07, 6.45) is 1.56. The van der Waals surface area contributed by atoms with Gasteiger partial charge in [0.1, 0.15) is 11.9 Å². The number of nitrogens with zero attached hydrogens (tertiary/aromatic N) is 2. The highest BCUT2D eigenvalue weighted by molar-refractivity contribution is 5.49. The number of rotatable bonds is 7. The molecular formula is C20H20N4O. The summed E-state index contributed by atoms with van der Waals surface area (Å²) in [6, 6.07) is 22.2. The van der Waals surface area contributed by atoms with E-state index in [0.29, 0.717) is 18.9 Å². The van der Waals surface area contributed by atoms with Crippen LogP contribution in [0.4, 0.5) is 5.82 Å². The molecule has 0 saturated heterocycles. The topological polar surface area (TPSA) is 73.6 Å². The Hall–Kier alpha value is -3.26. The molecule has 0 radical (unpaired) electrons. The Morgan fingerprint density at radius 1 is 0.960 bits per heavy atom. The number of aryl methyl sites for hydroxylation is 1. The summed E-state index contributed by atoms with van der Waals surface area (Å²) in [7, 11) is 0. The highest BCUT2D eigenvalue weighted by Gasteiger charge is 2.13. The fraction of sp³-hybridized carbons (Fsp3) is 0.200. The number of imidazole rings is 1. The van der Waals surface area contributed by atoms with Crippen LogP contribution in [-0.4, -0.2) is 16.1 Å². The average Bonchev–Trinajstić information content (AvgIpc) is 2.96. The van der Waals surface area contributed by atoms with Gasteiger partial charge >= 0.3 is 5.69 Å². The molecule has 0 unspecified atom stereocenters. The van der Waals surface area contributed by atoms with Gasteiger partial charge in [0.2, 0.25) is 0 Å². The molecule has 0 aliphatic heterocycles. The third-order valence-electron chi connectivity index (χ3n) is 4.11. The normalized spacial score (nSPS) is 10.4. The lowest BCUT2D eigenvalue weighted by Gasteiger charge is -2.10. The van der Waals surface area contributed by atoms with Crippen LogP contribution in [0.2, 0.25) is 0 Å². The van der Waals surface area contributed by atoms with Gasteiger partial charge in [0, 0.05) is 13.1 Å². The van der Waals surface area contributed by atoms with E-state index in [1.165, 1.54) is 5.56 Å². The zero-order valence-corrected chi connectivity index (χ0v) is 13.9. The largest absolute Gasteiger partial charge is 0.369 e.